The third-order valence-corrected chi connectivity index (χ3v) is 8.95. The number of likely N-dealkylation sites (N-methyl/N-ethyl adjacent to an activating group) is 1. The fourth-order valence-corrected chi connectivity index (χ4v) is 6.26. The lowest BCUT2D eigenvalue weighted by atomic mass is 10.3. The van der Waals surface area contributed by atoms with Crippen molar-refractivity contribution >= 4 is 52.3 Å². The summed E-state index contributed by atoms with van der Waals surface area (Å²) in [6, 6.07) is 12.9. The van der Waals surface area contributed by atoms with Crippen LogP contribution in [0.15, 0.2) is 58.3 Å². The highest BCUT2D eigenvalue weighted by atomic mass is 32.2. The van der Waals surface area contributed by atoms with Crippen LogP contribution in [0.5, 0.6) is 0 Å². The third-order valence-electron chi connectivity index (χ3n) is 4.99. The first-order chi connectivity index (χ1) is 15.5. The second-order valence-electron chi connectivity index (χ2n) is 7.98. The van der Waals surface area contributed by atoms with E-state index in [9.17, 15) is 21.6 Å². The average molecular weight is 510 g/mol. The van der Waals surface area contributed by atoms with Gasteiger partial charge in [0.25, 0.3) is 0 Å². The van der Waals surface area contributed by atoms with Gasteiger partial charge in [0.05, 0.1) is 25.8 Å². The SMILES string of the molecule is CN(C)CCN(C(=O)CCCS(=O)(=O)c1ccccc1)c1nc2ccc(S(C)(=O)=O)cc2s1. The molecule has 0 unspecified atom stereocenters. The Morgan fingerprint density at radius 1 is 0.970 bits per heavy atom. The Hall–Kier alpha value is -2.34. The van der Waals surface area contributed by atoms with Gasteiger partial charge in [-0.05, 0) is 50.8 Å². The minimum Gasteiger partial charge on any atom is -0.308 e. The number of hydrogen-bond donors (Lipinski definition) is 0. The first-order valence-electron chi connectivity index (χ1n) is 10.3. The monoisotopic (exact) mass is 509 g/mol. The van der Waals surface area contributed by atoms with Crippen molar-refractivity contribution in [2.24, 2.45) is 0 Å². The van der Waals surface area contributed by atoms with Crippen LogP contribution in [-0.2, 0) is 24.5 Å². The van der Waals surface area contributed by atoms with Gasteiger partial charge in [0.1, 0.15) is 0 Å². The third kappa shape index (κ3) is 6.59. The summed E-state index contributed by atoms with van der Waals surface area (Å²) in [5.74, 6) is -0.343. The van der Waals surface area contributed by atoms with Gasteiger partial charge in [0, 0.05) is 25.8 Å². The Bertz CT molecular complexity index is 1330. The summed E-state index contributed by atoms with van der Waals surface area (Å²) in [5.41, 5.74) is 0.608. The molecule has 0 atom stereocenters. The van der Waals surface area contributed by atoms with E-state index < -0.39 is 19.7 Å². The van der Waals surface area contributed by atoms with Gasteiger partial charge >= 0.3 is 0 Å². The highest BCUT2D eigenvalue weighted by Crippen LogP contribution is 2.31. The number of rotatable bonds is 10. The fraction of sp³-hybridized carbons (Fsp3) is 0.364. The van der Waals surface area contributed by atoms with Crippen molar-refractivity contribution in [3.8, 4) is 0 Å². The summed E-state index contributed by atoms with van der Waals surface area (Å²) in [7, 11) is -3.03. The Labute approximate surface area is 198 Å². The van der Waals surface area contributed by atoms with Crippen molar-refractivity contribution in [1.29, 1.82) is 0 Å². The summed E-state index contributed by atoms with van der Waals surface area (Å²) in [6.45, 7) is 0.981. The minimum atomic E-state index is -3.46. The fourth-order valence-electron chi connectivity index (χ4n) is 3.16. The molecule has 0 bridgehead atoms. The predicted octanol–water partition coefficient (Wildman–Crippen LogP) is 2.85. The molecular formula is C22H27N3O5S3. The molecule has 2 aromatic carbocycles. The van der Waals surface area contributed by atoms with Crippen LogP contribution in [0, 0.1) is 0 Å². The summed E-state index contributed by atoms with van der Waals surface area (Å²) < 4.78 is 49.4. The summed E-state index contributed by atoms with van der Waals surface area (Å²) in [4.78, 5) is 21.5. The second-order valence-corrected chi connectivity index (χ2v) is 13.1. The summed E-state index contributed by atoms with van der Waals surface area (Å²) in [6.07, 6.45) is 1.40. The smallest absolute Gasteiger partial charge is 0.228 e. The quantitative estimate of drug-likeness (QED) is 0.414. The van der Waals surface area contributed by atoms with Crippen LogP contribution in [0.2, 0.25) is 0 Å². The molecule has 8 nitrogen and oxygen atoms in total. The molecule has 0 radical (unpaired) electrons. The normalized spacial score (nSPS) is 12.4. The van der Waals surface area contributed by atoms with Crippen LogP contribution in [0.3, 0.4) is 0 Å². The number of fused-ring (bicyclic) bond motifs is 1. The first-order valence-corrected chi connectivity index (χ1v) is 14.7. The number of sulfone groups is 2. The number of nitrogens with zero attached hydrogens (tertiary/aromatic N) is 3. The highest BCUT2D eigenvalue weighted by molar-refractivity contribution is 7.91. The molecule has 1 amide bonds. The second kappa shape index (κ2) is 10.3. The molecule has 0 aliphatic carbocycles. The predicted molar refractivity (Wildman–Crippen MR) is 131 cm³/mol. The maximum atomic E-state index is 13.1. The molecule has 3 rings (SSSR count). The van der Waals surface area contributed by atoms with E-state index in [2.05, 4.69) is 4.98 Å². The van der Waals surface area contributed by atoms with Gasteiger partial charge in [-0.3, -0.25) is 9.69 Å². The molecular weight excluding hydrogens is 482 g/mol. The molecule has 0 N–H and O–H groups in total. The van der Waals surface area contributed by atoms with Crippen LogP contribution in [0.4, 0.5) is 5.13 Å². The number of hydrogen-bond acceptors (Lipinski definition) is 8. The first kappa shape index (κ1) is 25.3. The Morgan fingerprint density at radius 2 is 1.67 bits per heavy atom. The lowest BCUT2D eigenvalue weighted by Crippen LogP contribution is -2.36. The van der Waals surface area contributed by atoms with Crippen LogP contribution in [0.1, 0.15) is 12.8 Å². The van der Waals surface area contributed by atoms with Crippen molar-refractivity contribution < 1.29 is 21.6 Å². The molecule has 3 aromatic rings. The molecule has 33 heavy (non-hydrogen) atoms. The molecule has 0 aliphatic heterocycles. The van der Waals surface area contributed by atoms with Gasteiger partial charge in [-0.15, -0.1) is 0 Å². The lowest BCUT2D eigenvalue weighted by molar-refractivity contribution is -0.118. The maximum Gasteiger partial charge on any atom is 0.228 e. The molecule has 178 valence electrons. The maximum absolute atomic E-state index is 13.1. The van der Waals surface area contributed by atoms with Crippen LogP contribution in [-0.4, -0.2) is 71.8 Å². The number of anilines is 1. The zero-order valence-electron chi connectivity index (χ0n) is 18.8. The largest absolute Gasteiger partial charge is 0.308 e. The zero-order valence-corrected chi connectivity index (χ0v) is 21.2. The number of thiazole rings is 1. The van der Waals surface area contributed by atoms with Crippen molar-refractivity contribution in [2.45, 2.75) is 22.6 Å². The van der Waals surface area contributed by atoms with E-state index in [1.165, 1.54) is 17.4 Å². The number of carbonyl (C=O) groups is 1. The lowest BCUT2D eigenvalue weighted by Gasteiger charge is -2.22. The molecule has 0 fully saturated rings. The molecule has 0 aliphatic rings. The zero-order chi connectivity index (χ0) is 24.2. The average Bonchev–Trinajstić information content (AvgIpc) is 3.16. The van der Waals surface area contributed by atoms with Crippen molar-refractivity contribution in [3.63, 3.8) is 0 Å². The Morgan fingerprint density at radius 3 is 2.30 bits per heavy atom. The number of aromatic nitrogens is 1. The summed E-state index contributed by atoms with van der Waals surface area (Å²) >= 11 is 1.24. The van der Waals surface area contributed by atoms with E-state index in [0.717, 1.165) is 6.26 Å². The molecule has 0 saturated heterocycles. The number of benzene rings is 2. The van der Waals surface area contributed by atoms with Gasteiger partial charge in [-0.1, -0.05) is 29.5 Å². The molecule has 1 heterocycles. The van der Waals surface area contributed by atoms with Gasteiger partial charge in [0.2, 0.25) is 5.91 Å². The minimum absolute atomic E-state index is 0.0595. The van der Waals surface area contributed by atoms with E-state index in [4.69, 9.17) is 0 Å². The van der Waals surface area contributed by atoms with Gasteiger partial charge < -0.3 is 4.90 Å². The highest BCUT2D eigenvalue weighted by Gasteiger charge is 2.22. The van der Waals surface area contributed by atoms with Crippen LogP contribution in [0.25, 0.3) is 10.2 Å². The summed E-state index contributed by atoms with van der Waals surface area (Å²) in [5, 5.41) is 0.466. The van der Waals surface area contributed by atoms with Gasteiger partial charge in [0.15, 0.2) is 24.8 Å². The Kier molecular flexibility index (Phi) is 7.88. The van der Waals surface area contributed by atoms with Crippen LogP contribution < -0.4 is 4.90 Å². The van der Waals surface area contributed by atoms with E-state index in [1.807, 2.05) is 19.0 Å². The van der Waals surface area contributed by atoms with Crippen molar-refractivity contribution in [2.75, 3.05) is 44.1 Å². The Balaban J connectivity index is 1.78. The van der Waals surface area contributed by atoms with E-state index in [-0.39, 0.29) is 34.3 Å². The van der Waals surface area contributed by atoms with Gasteiger partial charge in [-0.2, -0.15) is 0 Å². The molecule has 11 heteroatoms. The van der Waals surface area contributed by atoms with E-state index in [0.29, 0.717) is 28.4 Å². The molecule has 0 spiro atoms. The van der Waals surface area contributed by atoms with Crippen LogP contribution >= 0.6 is 11.3 Å². The van der Waals surface area contributed by atoms with Crippen molar-refractivity contribution in [3.05, 3.63) is 48.5 Å². The van der Waals surface area contributed by atoms with E-state index in [1.54, 1.807) is 47.4 Å². The van der Waals surface area contributed by atoms with Gasteiger partial charge in [-0.25, -0.2) is 21.8 Å². The van der Waals surface area contributed by atoms with E-state index >= 15 is 0 Å². The van der Waals surface area contributed by atoms with Crippen molar-refractivity contribution in [1.82, 2.24) is 9.88 Å². The number of carbonyl (C=O) groups excluding carboxylic acids is 1. The molecule has 1 aromatic heterocycles. The number of amides is 1. The topological polar surface area (TPSA) is 105 Å². The molecule has 0 saturated carbocycles. The standard InChI is InChI=1S/C22H27N3O5S3/c1-24(2)13-14-25(21(26)10-7-15-33(29,30)17-8-5-4-6-9-17)22-23-19-12-11-18(32(3,27)28)16-20(19)31-22/h4-6,8-9,11-12,16H,7,10,13-15H2,1-3H3.